The molecule has 5 heteroatoms. The normalized spacial score (nSPS) is 22.3. The number of hydrogen-bond donors (Lipinski definition) is 2. The van der Waals surface area contributed by atoms with E-state index in [0.29, 0.717) is 17.1 Å². The van der Waals surface area contributed by atoms with E-state index >= 15 is 0 Å². The Morgan fingerprint density at radius 2 is 1.67 bits per heavy atom. The Hall–Kier alpha value is -1.23. The summed E-state index contributed by atoms with van der Waals surface area (Å²) in [5.41, 5.74) is 2.11. The molecule has 1 fully saturated rings. The van der Waals surface area contributed by atoms with Crippen molar-refractivity contribution < 1.29 is 8.42 Å². The topological polar surface area (TPSA) is 58.2 Å². The average Bonchev–Trinajstić information content (AvgIpc) is 2.52. The first-order chi connectivity index (χ1) is 9.73. The lowest BCUT2D eigenvalue weighted by molar-refractivity contribution is 0.313. The van der Waals surface area contributed by atoms with Crippen LogP contribution in [0.4, 0.5) is 11.4 Å². The molecule has 0 radical (unpaired) electrons. The number of sulfonamides is 1. The second-order valence-corrected chi connectivity index (χ2v) is 8.64. The summed E-state index contributed by atoms with van der Waals surface area (Å²) in [6.45, 7) is 4.70. The molecule has 0 heterocycles. The van der Waals surface area contributed by atoms with E-state index in [1.807, 2.05) is 12.1 Å². The molecular weight excluding hydrogens is 284 g/mol. The van der Waals surface area contributed by atoms with Gasteiger partial charge in [-0.05, 0) is 55.4 Å². The number of hydrogen-bond acceptors (Lipinski definition) is 3. The fourth-order valence-corrected chi connectivity index (χ4v) is 3.45. The maximum Gasteiger partial charge on any atom is 0.229 e. The third-order valence-electron chi connectivity index (χ3n) is 4.13. The standard InChI is InChI=1S/C16H26N2O2S/c1-16(2)11-4-5-13(10-12-16)17-14-6-8-15(9-7-14)18-21(3,19)20/h6-9,13,17-18H,4-5,10-12H2,1-3H3. The molecule has 1 aromatic carbocycles. The molecule has 2 N–H and O–H groups in total. The van der Waals surface area contributed by atoms with Crippen molar-refractivity contribution in [2.24, 2.45) is 5.41 Å². The summed E-state index contributed by atoms with van der Waals surface area (Å²) < 4.78 is 24.8. The molecule has 0 aromatic heterocycles. The van der Waals surface area contributed by atoms with Gasteiger partial charge in [0.25, 0.3) is 0 Å². The predicted octanol–water partition coefficient (Wildman–Crippen LogP) is 3.83. The molecule has 21 heavy (non-hydrogen) atoms. The molecule has 1 unspecified atom stereocenters. The lowest BCUT2D eigenvalue weighted by atomic mass is 9.85. The van der Waals surface area contributed by atoms with Crippen molar-refractivity contribution in [2.75, 3.05) is 16.3 Å². The van der Waals surface area contributed by atoms with E-state index in [9.17, 15) is 8.42 Å². The fraction of sp³-hybridized carbons (Fsp3) is 0.625. The summed E-state index contributed by atoms with van der Waals surface area (Å²) in [4.78, 5) is 0. The zero-order chi connectivity index (χ0) is 15.5. The highest BCUT2D eigenvalue weighted by Crippen LogP contribution is 2.34. The summed E-state index contributed by atoms with van der Waals surface area (Å²) >= 11 is 0. The van der Waals surface area contributed by atoms with Gasteiger partial charge in [0.05, 0.1) is 6.26 Å². The van der Waals surface area contributed by atoms with Gasteiger partial charge in [-0.25, -0.2) is 8.42 Å². The van der Waals surface area contributed by atoms with E-state index in [-0.39, 0.29) is 0 Å². The minimum Gasteiger partial charge on any atom is -0.382 e. The van der Waals surface area contributed by atoms with Crippen molar-refractivity contribution in [2.45, 2.75) is 52.0 Å². The van der Waals surface area contributed by atoms with E-state index in [1.165, 1.54) is 32.1 Å². The maximum absolute atomic E-state index is 11.2. The van der Waals surface area contributed by atoms with Gasteiger partial charge in [-0.15, -0.1) is 0 Å². The Bertz CT molecular complexity index is 564. The third-order valence-corrected chi connectivity index (χ3v) is 4.74. The van der Waals surface area contributed by atoms with E-state index in [1.54, 1.807) is 12.1 Å². The first kappa shape index (κ1) is 16.1. The molecule has 1 aliphatic carbocycles. The maximum atomic E-state index is 11.2. The molecule has 1 atom stereocenters. The van der Waals surface area contributed by atoms with Crippen LogP contribution in [-0.4, -0.2) is 20.7 Å². The second kappa shape index (κ2) is 6.26. The molecule has 0 amide bonds. The van der Waals surface area contributed by atoms with Crippen LogP contribution in [0, 0.1) is 5.41 Å². The van der Waals surface area contributed by atoms with Crippen LogP contribution in [0.3, 0.4) is 0 Å². The molecule has 0 bridgehead atoms. The first-order valence-corrected chi connectivity index (χ1v) is 9.47. The lowest BCUT2D eigenvalue weighted by Gasteiger charge is -2.22. The Labute approximate surface area is 128 Å². The van der Waals surface area contributed by atoms with Crippen LogP contribution in [-0.2, 0) is 10.0 Å². The molecular formula is C16H26N2O2S. The monoisotopic (exact) mass is 310 g/mol. The highest BCUT2D eigenvalue weighted by molar-refractivity contribution is 7.92. The number of nitrogens with one attached hydrogen (secondary N) is 2. The quantitative estimate of drug-likeness (QED) is 0.831. The minimum absolute atomic E-state index is 0.458. The highest BCUT2D eigenvalue weighted by Gasteiger charge is 2.24. The van der Waals surface area contributed by atoms with E-state index in [0.717, 1.165) is 11.9 Å². The molecule has 2 rings (SSSR count). The zero-order valence-corrected chi connectivity index (χ0v) is 14.0. The van der Waals surface area contributed by atoms with Gasteiger partial charge < -0.3 is 5.32 Å². The van der Waals surface area contributed by atoms with Crippen LogP contribution in [0.1, 0.15) is 46.0 Å². The van der Waals surface area contributed by atoms with E-state index in [2.05, 4.69) is 23.9 Å². The Morgan fingerprint density at radius 1 is 1.05 bits per heavy atom. The Morgan fingerprint density at radius 3 is 2.29 bits per heavy atom. The van der Waals surface area contributed by atoms with Crippen LogP contribution in [0.2, 0.25) is 0 Å². The van der Waals surface area contributed by atoms with Crippen molar-refractivity contribution in [1.82, 2.24) is 0 Å². The zero-order valence-electron chi connectivity index (χ0n) is 13.1. The van der Waals surface area contributed by atoms with Crippen molar-refractivity contribution in [3.63, 3.8) is 0 Å². The van der Waals surface area contributed by atoms with E-state index in [4.69, 9.17) is 0 Å². The van der Waals surface area contributed by atoms with Gasteiger partial charge >= 0.3 is 0 Å². The Balaban J connectivity index is 1.94. The van der Waals surface area contributed by atoms with Crippen molar-refractivity contribution in [3.05, 3.63) is 24.3 Å². The van der Waals surface area contributed by atoms with Gasteiger partial charge in [-0.1, -0.05) is 20.3 Å². The molecule has 118 valence electrons. The van der Waals surface area contributed by atoms with Crippen molar-refractivity contribution >= 4 is 21.4 Å². The molecule has 0 aliphatic heterocycles. The summed E-state index contributed by atoms with van der Waals surface area (Å²) in [5, 5.41) is 3.57. The SMILES string of the molecule is CC1(C)CCCC(Nc2ccc(NS(C)(=O)=O)cc2)CC1. The predicted molar refractivity (Wildman–Crippen MR) is 89.2 cm³/mol. The molecule has 1 aliphatic rings. The first-order valence-electron chi connectivity index (χ1n) is 7.58. The van der Waals surface area contributed by atoms with Crippen LogP contribution in [0.5, 0.6) is 0 Å². The average molecular weight is 310 g/mol. The molecule has 1 aromatic rings. The highest BCUT2D eigenvalue weighted by atomic mass is 32.2. The molecule has 4 nitrogen and oxygen atoms in total. The van der Waals surface area contributed by atoms with Gasteiger partial charge in [0, 0.05) is 17.4 Å². The van der Waals surface area contributed by atoms with Crippen LogP contribution >= 0.6 is 0 Å². The molecule has 0 spiro atoms. The van der Waals surface area contributed by atoms with Gasteiger partial charge in [-0.3, -0.25) is 4.72 Å². The largest absolute Gasteiger partial charge is 0.382 e. The molecule has 0 saturated heterocycles. The fourth-order valence-electron chi connectivity index (χ4n) is 2.89. The van der Waals surface area contributed by atoms with Gasteiger partial charge in [-0.2, -0.15) is 0 Å². The summed E-state index contributed by atoms with van der Waals surface area (Å²) in [6.07, 6.45) is 7.36. The lowest BCUT2D eigenvalue weighted by Crippen LogP contribution is -2.19. The van der Waals surface area contributed by atoms with Crippen LogP contribution in [0.15, 0.2) is 24.3 Å². The summed E-state index contributed by atoms with van der Waals surface area (Å²) in [7, 11) is -3.21. The smallest absolute Gasteiger partial charge is 0.229 e. The minimum atomic E-state index is -3.21. The van der Waals surface area contributed by atoms with E-state index < -0.39 is 10.0 Å². The summed E-state index contributed by atoms with van der Waals surface area (Å²) in [6, 6.07) is 7.97. The molecule has 1 saturated carbocycles. The summed E-state index contributed by atoms with van der Waals surface area (Å²) in [5.74, 6) is 0. The van der Waals surface area contributed by atoms with Crippen molar-refractivity contribution in [1.29, 1.82) is 0 Å². The van der Waals surface area contributed by atoms with Gasteiger partial charge in [0.1, 0.15) is 0 Å². The van der Waals surface area contributed by atoms with Crippen LogP contribution in [0.25, 0.3) is 0 Å². The third kappa shape index (κ3) is 5.58. The number of rotatable bonds is 4. The van der Waals surface area contributed by atoms with Crippen molar-refractivity contribution in [3.8, 4) is 0 Å². The Kier molecular flexibility index (Phi) is 4.81. The second-order valence-electron chi connectivity index (χ2n) is 6.89. The number of benzene rings is 1. The van der Waals surface area contributed by atoms with Gasteiger partial charge in [0.15, 0.2) is 0 Å². The van der Waals surface area contributed by atoms with Gasteiger partial charge in [0.2, 0.25) is 10.0 Å². The van der Waals surface area contributed by atoms with Crippen LogP contribution < -0.4 is 10.0 Å². The number of anilines is 2.